The number of carbonyl (C=O) groups excluding carboxylic acids is 1. The molecule has 2 aromatic carbocycles. The first-order valence-corrected chi connectivity index (χ1v) is 10.1. The van der Waals surface area contributed by atoms with Crippen molar-refractivity contribution in [2.45, 2.75) is 33.2 Å². The molecule has 2 aromatic heterocycles. The molecule has 0 radical (unpaired) electrons. The molecule has 1 amide bonds. The number of aromatic nitrogens is 4. The molecule has 32 heavy (non-hydrogen) atoms. The minimum atomic E-state index is -1.03. The molecule has 4 rings (SSSR count). The van der Waals surface area contributed by atoms with Crippen LogP contribution < -0.4 is 10.9 Å². The Balaban J connectivity index is 1.79. The van der Waals surface area contributed by atoms with Crippen LogP contribution in [0.5, 0.6) is 0 Å². The summed E-state index contributed by atoms with van der Waals surface area (Å²) in [6, 6.07) is 11.1. The molecule has 0 aliphatic carbocycles. The number of rotatable bonds is 5. The van der Waals surface area contributed by atoms with E-state index in [0.29, 0.717) is 11.1 Å². The number of halogens is 2. The Morgan fingerprint density at radius 1 is 1.09 bits per heavy atom. The van der Waals surface area contributed by atoms with Gasteiger partial charge in [-0.15, -0.1) is 0 Å². The van der Waals surface area contributed by atoms with E-state index in [4.69, 9.17) is 0 Å². The zero-order valence-corrected chi connectivity index (χ0v) is 17.8. The Hall–Kier alpha value is -3.88. The third kappa shape index (κ3) is 3.66. The Bertz CT molecular complexity index is 1380. The molecule has 0 saturated carbocycles. The molecule has 0 spiro atoms. The van der Waals surface area contributed by atoms with Gasteiger partial charge in [-0.3, -0.25) is 9.59 Å². The van der Waals surface area contributed by atoms with Crippen molar-refractivity contribution >= 4 is 22.5 Å². The van der Waals surface area contributed by atoms with Crippen LogP contribution in [-0.2, 0) is 4.79 Å². The minimum absolute atomic E-state index is 0.182. The summed E-state index contributed by atoms with van der Waals surface area (Å²) < 4.78 is 30.2. The highest BCUT2D eigenvalue weighted by Gasteiger charge is 2.26. The second kappa shape index (κ2) is 8.33. The van der Waals surface area contributed by atoms with Crippen LogP contribution in [0.1, 0.15) is 30.8 Å². The van der Waals surface area contributed by atoms with E-state index >= 15 is 0 Å². The quantitative estimate of drug-likeness (QED) is 0.510. The van der Waals surface area contributed by atoms with Gasteiger partial charge in [-0.25, -0.2) is 18.1 Å². The van der Waals surface area contributed by atoms with Gasteiger partial charge in [0, 0.05) is 6.07 Å². The standard InChI is InChI=1S/C23H21F2N5O2/c1-4-19(22(31)26-18-12-15(24)10-11-17(18)25)30-23(32)21-20(13(2)27-30)14(3)29(28-21)16-8-6-5-7-9-16/h5-12,19H,4H2,1-3H3,(H,26,31)/t19-/m1/s1. The van der Waals surface area contributed by atoms with Crippen LogP contribution >= 0.6 is 0 Å². The number of aryl methyl sites for hydroxylation is 2. The summed E-state index contributed by atoms with van der Waals surface area (Å²) in [6.07, 6.45) is 0.207. The number of nitrogens with zero attached hydrogens (tertiary/aromatic N) is 4. The van der Waals surface area contributed by atoms with E-state index < -0.39 is 29.1 Å². The first-order chi connectivity index (χ1) is 15.3. The van der Waals surface area contributed by atoms with Crippen LogP contribution in [-0.4, -0.2) is 25.5 Å². The fraction of sp³-hybridized carbons (Fsp3) is 0.217. The highest BCUT2D eigenvalue weighted by molar-refractivity contribution is 5.94. The molecule has 164 valence electrons. The van der Waals surface area contributed by atoms with Crippen LogP contribution in [0.2, 0.25) is 0 Å². The average Bonchev–Trinajstić information content (AvgIpc) is 3.13. The molecule has 0 saturated heterocycles. The normalized spacial score (nSPS) is 12.2. The smallest absolute Gasteiger partial charge is 0.295 e. The number of fused-ring (bicyclic) bond motifs is 1. The molecular formula is C23H21F2N5O2. The van der Waals surface area contributed by atoms with E-state index in [1.807, 2.05) is 37.3 Å². The van der Waals surface area contributed by atoms with Crippen molar-refractivity contribution in [3.63, 3.8) is 0 Å². The molecule has 1 N–H and O–H groups in total. The number of nitrogens with one attached hydrogen (secondary N) is 1. The predicted octanol–water partition coefficient (Wildman–Crippen LogP) is 4.07. The van der Waals surface area contributed by atoms with E-state index in [2.05, 4.69) is 15.5 Å². The summed E-state index contributed by atoms with van der Waals surface area (Å²) in [7, 11) is 0. The van der Waals surface area contributed by atoms with Gasteiger partial charge in [-0.2, -0.15) is 10.2 Å². The lowest BCUT2D eigenvalue weighted by atomic mass is 10.1. The van der Waals surface area contributed by atoms with Crippen LogP contribution in [0.25, 0.3) is 16.6 Å². The van der Waals surface area contributed by atoms with Gasteiger partial charge >= 0.3 is 0 Å². The van der Waals surface area contributed by atoms with Crippen molar-refractivity contribution < 1.29 is 13.6 Å². The largest absolute Gasteiger partial charge is 0.322 e. The van der Waals surface area contributed by atoms with E-state index in [0.717, 1.165) is 34.3 Å². The van der Waals surface area contributed by atoms with Crippen molar-refractivity contribution in [1.82, 2.24) is 19.6 Å². The fourth-order valence-electron chi connectivity index (χ4n) is 3.76. The summed E-state index contributed by atoms with van der Waals surface area (Å²) in [5, 5.41) is 11.8. The molecular weight excluding hydrogens is 416 g/mol. The van der Waals surface area contributed by atoms with Gasteiger partial charge in [0.05, 0.1) is 28.1 Å². The molecule has 0 aliphatic heterocycles. The number of amides is 1. The van der Waals surface area contributed by atoms with Gasteiger partial charge in [0.2, 0.25) is 5.91 Å². The zero-order chi connectivity index (χ0) is 23.0. The van der Waals surface area contributed by atoms with Crippen LogP contribution in [0, 0.1) is 25.5 Å². The molecule has 0 bridgehead atoms. The van der Waals surface area contributed by atoms with E-state index in [9.17, 15) is 18.4 Å². The predicted molar refractivity (Wildman–Crippen MR) is 117 cm³/mol. The topological polar surface area (TPSA) is 81.8 Å². The Labute approximate surface area is 182 Å². The number of hydrogen-bond acceptors (Lipinski definition) is 4. The molecule has 0 fully saturated rings. The van der Waals surface area contributed by atoms with Crippen LogP contribution in [0.15, 0.2) is 53.3 Å². The average molecular weight is 437 g/mol. The summed E-state index contributed by atoms with van der Waals surface area (Å²) in [4.78, 5) is 26.1. The number of carbonyl (C=O) groups is 1. The second-order valence-corrected chi connectivity index (χ2v) is 7.43. The van der Waals surface area contributed by atoms with Gasteiger partial charge in [0.15, 0.2) is 5.52 Å². The van der Waals surface area contributed by atoms with Crippen molar-refractivity contribution in [3.8, 4) is 5.69 Å². The Morgan fingerprint density at radius 2 is 1.81 bits per heavy atom. The summed E-state index contributed by atoms with van der Waals surface area (Å²) in [5.74, 6) is -2.15. The zero-order valence-electron chi connectivity index (χ0n) is 17.8. The van der Waals surface area contributed by atoms with E-state index in [-0.39, 0.29) is 17.6 Å². The van der Waals surface area contributed by atoms with Gasteiger partial charge in [-0.05, 0) is 44.5 Å². The molecule has 7 nitrogen and oxygen atoms in total. The van der Waals surface area contributed by atoms with E-state index in [1.54, 1.807) is 18.5 Å². The van der Waals surface area contributed by atoms with Crippen molar-refractivity contribution in [2.24, 2.45) is 0 Å². The first kappa shape index (κ1) is 21.4. The maximum Gasteiger partial charge on any atom is 0.295 e. The maximum atomic E-state index is 14.0. The molecule has 1 atom stereocenters. The number of hydrogen-bond donors (Lipinski definition) is 1. The second-order valence-electron chi connectivity index (χ2n) is 7.43. The van der Waals surface area contributed by atoms with Gasteiger partial charge in [0.1, 0.15) is 17.7 Å². The number of para-hydroxylation sites is 1. The minimum Gasteiger partial charge on any atom is -0.322 e. The number of anilines is 1. The highest BCUT2D eigenvalue weighted by Crippen LogP contribution is 2.23. The summed E-state index contributed by atoms with van der Waals surface area (Å²) in [5.41, 5.74) is 1.41. The van der Waals surface area contributed by atoms with Crippen LogP contribution in [0.4, 0.5) is 14.5 Å². The molecule has 2 heterocycles. The lowest BCUT2D eigenvalue weighted by molar-refractivity contribution is -0.119. The monoisotopic (exact) mass is 437 g/mol. The number of benzene rings is 2. The van der Waals surface area contributed by atoms with Gasteiger partial charge in [0.25, 0.3) is 5.56 Å². The summed E-state index contributed by atoms with van der Waals surface area (Å²) in [6.45, 7) is 5.28. The fourth-order valence-corrected chi connectivity index (χ4v) is 3.76. The summed E-state index contributed by atoms with van der Waals surface area (Å²) >= 11 is 0. The SMILES string of the molecule is CC[C@H](C(=O)Nc1cc(F)ccc1F)n1nc(C)c2c(C)n(-c3ccccc3)nc2c1=O. The maximum absolute atomic E-state index is 14.0. The van der Waals surface area contributed by atoms with Crippen LogP contribution in [0.3, 0.4) is 0 Å². The molecule has 0 unspecified atom stereocenters. The Morgan fingerprint density at radius 3 is 2.50 bits per heavy atom. The third-order valence-corrected chi connectivity index (χ3v) is 5.32. The lowest BCUT2D eigenvalue weighted by Crippen LogP contribution is -2.35. The molecule has 0 aliphatic rings. The van der Waals surface area contributed by atoms with Gasteiger partial charge in [-0.1, -0.05) is 25.1 Å². The Kier molecular flexibility index (Phi) is 5.56. The van der Waals surface area contributed by atoms with E-state index in [1.165, 1.54) is 0 Å². The molecule has 4 aromatic rings. The third-order valence-electron chi connectivity index (χ3n) is 5.32. The highest BCUT2D eigenvalue weighted by atomic mass is 19.1. The van der Waals surface area contributed by atoms with Crippen molar-refractivity contribution in [3.05, 3.63) is 81.9 Å². The first-order valence-electron chi connectivity index (χ1n) is 10.1. The lowest BCUT2D eigenvalue weighted by Gasteiger charge is -2.17. The molecule has 9 heteroatoms. The van der Waals surface area contributed by atoms with Crippen molar-refractivity contribution in [1.29, 1.82) is 0 Å². The van der Waals surface area contributed by atoms with Gasteiger partial charge < -0.3 is 5.32 Å². The van der Waals surface area contributed by atoms with Crippen molar-refractivity contribution in [2.75, 3.05) is 5.32 Å².